The molecule has 2 aromatic rings. The number of aromatic nitrogens is 2. The molecule has 2 atom stereocenters. The van der Waals surface area contributed by atoms with Gasteiger partial charge in [-0.2, -0.15) is 10.2 Å². The van der Waals surface area contributed by atoms with Gasteiger partial charge in [-0.25, -0.2) is 0 Å². The Morgan fingerprint density at radius 3 is 2.81 bits per heavy atom. The first-order valence-electron chi connectivity index (χ1n) is 7.24. The van der Waals surface area contributed by atoms with Crippen molar-refractivity contribution in [2.24, 2.45) is 11.7 Å². The van der Waals surface area contributed by atoms with Gasteiger partial charge in [-0.3, -0.25) is 0 Å². The molecule has 21 heavy (non-hydrogen) atoms. The monoisotopic (exact) mass is 282 g/mol. The normalized spacial score (nSPS) is 25.5. The van der Waals surface area contributed by atoms with E-state index in [1.54, 1.807) is 12.1 Å². The Hall–Kier alpha value is -2.19. The molecular weight excluding hydrogens is 264 g/mol. The molecule has 3 rings (SSSR count). The number of hydrogen-bond acceptors (Lipinski definition) is 5. The first-order chi connectivity index (χ1) is 10.1. The Kier molecular flexibility index (Phi) is 3.48. The first-order valence-corrected chi connectivity index (χ1v) is 7.24. The second-order valence-corrected chi connectivity index (χ2v) is 5.97. The number of benzene rings is 1. The zero-order chi connectivity index (χ0) is 14.9. The predicted octanol–water partition coefficient (Wildman–Crippen LogP) is 2.97. The molecule has 1 aromatic heterocycles. The van der Waals surface area contributed by atoms with Crippen LogP contribution in [0.5, 0.6) is 0 Å². The lowest BCUT2D eigenvalue weighted by Crippen LogP contribution is -2.42. The summed E-state index contributed by atoms with van der Waals surface area (Å²) in [7, 11) is 0. The third kappa shape index (κ3) is 2.67. The van der Waals surface area contributed by atoms with Gasteiger partial charge >= 0.3 is 0 Å². The fraction of sp³-hybridized carbons (Fsp3) is 0.438. The van der Waals surface area contributed by atoms with Gasteiger partial charge in [0.15, 0.2) is 5.82 Å². The van der Waals surface area contributed by atoms with E-state index in [4.69, 9.17) is 15.5 Å². The zero-order valence-electron chi connectivity index (χ0n) is 12.0. The summed E-state index contributed by atoms with van der Waals surface area (Å²) >= 11 is 0. The van der Waals surface area contributed by atoms with Gasteiger partial charge in [-0.15, -0.1) is 0 Å². The molecule has 108 valence electrons. The van der Waals surface area contributed by atoms with Crippen LogP contribution < -0.4 is 5.73 Å². The van der Waals surface area contributed by atoms with E-state index in [0.29, 0.717) is 23.2 Å². The molecule has 0 spiro atoms. The van der Waals surface area contributed by atoms with Gasteiger partial charge in [-0.1, -0.05) is 24.9 Å². The SMILES string of the molecule is CC1CCCC(N)(c2noc(-c3ccc(C#N)cc3)n2)C1. The van der Waals surface area contributed by atoms with Crippen molar-refractivity contribution in [2.45, 2.75) is 38.1 Å². The zero-order valence-corrected chi connectivity index (χ0v) is 12.0. The molecule has 2 N–H and O–H groups in total. The molecule has 1 aromatic carbocycles. The second kappa shape index (κ2) is 5.30. The lowest BCUT2D eigenvalue weighted by Gasteiger charge is -2.33. The van der Waals surface area contributed by atoms with E-state index in [-0.39, 0.29) is 0 Å². The Bertz CT molecular complexity index is 670. The van der Waals surface area contributed by atoms with E-state index in [9.17, 15) is 0 Å². The molecule has 1 aliphatic rings. The minimum Gasteiger partial charge on any atom is -0.334 e. The van der Waals surface area contributed by atoms with E-state index in [1.165, 1.54) is 6.42 Å². The average molecular weight is 282 g/mol. The van der Waals surface area contributed by atoms with Gasteiger partial charge in [0.25, 0.3) is 5.89 Å². The molecule has 1 heterocycles. The van der Waals surface area contributed by atoms with Crippen molar-refractivity contribution in [1.29, 1.82) is 5.26 Å². The van der Waals surface area contributed by atoms with Crippen molar-refractivity contribution in [1.82, 2.24) is 10.1 Å². The van der Waals surface area contributed by atoms with Crippen LogP contribution in [0.4, 0.5) is 0 Å². The van der Waals surface area contributed by atoms with Crippen molar-refractivity contribution in [2.75, 3.05) is 0 Å². The Labute approximate surface area is 123 Å². The Morgan fingerprint density at radius 2 is 2.14 bits per heavy atom. The van der Waals surface area contributed by atoms with Crippen LogP contribution in [0.3, 0.4) is 0 Å². The Balaban J connectivity index is 1.87. The molecular formula is C16H18N4O. The smallest absolute Gasteiger partial charge is 0.257 e. The molecule has 0 amide bonds. The van der Waals surface area contributed by atoms with E-state index in [1.807, 2.05) is 12.1 Å². The standard InChI is InChI=1S/C16H18N4O/c1-11-3-2-8-16(18,9-11)15-19-14(21-20-15)13-6-4-12(10-17)5-7-13/h4-7,11H,2-3,8-9,18H2,1H3. The van der Waals surface area contributed by atoms with Crippen LogP contribution in [-0.4, -0.2) is 10.1 Å². The lowest BCUT2D eigenvalue weighted by atomic mass is 9.76. The summed E-state index contributed by atoms with van der Waals surface area (Å²) < 4.78 is 5.35. The predicted molar refractivity (Wildman–Crippen MR) is 77.9 cm³/mol. The number of rotatable bonds is 2. The summed E-state index contributed by atoms with van der Waals surface area (Å²) in [5, 5.41) is 12.9. The van der Waals surface area contributed by atoms with Crippen LogP contribution in [-0.2, 0) is 5.54 Å². The summed E-state index contributed by atoms with van der Waals surface area (Å²) in [6.45, 7) is 2.21. The van der Waals surface area contributed by atoms with Crippen molar-refractivity contribution in [3.8, 4) is 17.5 Å². The third-order valence-electron chi connectivity index (χ3n) is 4.16. The number of nitrogens with zero attached hydrogens (tertiary/aromatic N) is 3. The highest BCUT2D eigenvalue weighted by molar-refractivity contribution is 5.54. The van der Waals surface area contributed by atoms with E-state index < -0.39 is 5.54 Å². The molecule has 0 radical (unpaired) electrons. The highest BCUT2D eigenvalue weighted by Crippen LogP contribution is 2.37. The van der Waals surface area contributed by atoms with Gasteiger partial charge < -0.3 is 10.3 Å². The fourth-order valence-electron chi connectivity index (χ4n) is 3.03. The maximum absolute atomic E-state index is 8.81. The molecule has 2 unspecified atom stereocenters. The molecule has 0 bridgehead atoms. The second-order valence-electron chi connectivity index (χ2n) is 5.97. The number of hydrogen-bond donors (Lipinski definition) is 1. The largest absolute Gasteiger partial charge is 0.334 e. The van der Waals surface area contributed by atoms with Crippen molar-refractivity contribution in [3.63, 3.8) is 0 Å². The van der Waals surface area contributed by atoms with E-state index in [2.05, 4.69) is 23.1 Å². The van der Waals surface area contributed by atoms with Crippen molar-refractivity contribution in [3.05, 3.63) is 35.7 Å². The minimum atomic E-state index is -0.480. The first kappa shape index (κ1) is 13.8. The average Bonchev–Trinajstić information content (AvgIpc) is 2.98. The van der Waals surface area contributed by atoms with Gasteiger partial charge in [0.2, 0.25) is 0 Å². The summed E-state index contributed by atoms with van der Waals surface area (Å²) in [5.41, 5.74) is 7.41. The molecule has 0 aliphatic heterocycles. The van der Waals surface area contributed by atoms with Gasteiger partial charge in [-0.05, 0) is 43.0 Å². The topological polar surface area (TPSA) is 88.7 Å². The van der Waals surface area contributed by atoms with Crippen LogP contribution in [0.2, 0.25) is 0 Å². The summed E-state index contributed by atoms with van der Waals surface area (Å²) in [4.78, 5) is 4.48. The summed E-state index contributed by atoms with van der Waals surface area (Å²) in [5.74, 6) is 1.63. The molecule has 0 saturated heterocycles. The van der Waals surface area contributed by atoms with E-state index in [0.717, 1.165) is 24.8 Å². The Morgan fingerprint density at radius 1 is 1.38 bits per heavy atom. The minimum absolute atomic E-state index is 0.456. The van der Waals surface area contributed by atoms with Gasteiger partial charge in [0.1, 0.15) is 0 Å². The van der Waals surface area contributed by atoms with Crippen LogP contribution >= 0.6 is 0 Å². The highest BCUT2D eigenvalue weighted by Gasteiger charge is 2.37. The molecule has 1 aliphatic carbocycles. The van der Waals surface area contributed by atoms with Crippen LogP contribution in [0.25, 0.3) is 11.5 Å². The third-order valence-corrected chi connectivity index (χ3v) is 4.16. The summed E-state index contributed by atoms with van der Waals surface area (Å²) in [6.07, 6.45) is 4.08. The quantitative estimate of drug-likeness (QED) is 0.914. The maximum atomic E-state index is 8.81. The number of nitrogens with two attached hydrogens (primary N) is 1. The molecule has 1 saturated carbocycles. The lowest BCUT2D eigenvalue weighted by molar-refractivity contribution is 0.222. The van der Waals surface area contributed by atoms with Gasteiger partial charge in [0, 0.05) is 5.56 Å². The molecule has 5 heteroatoms. The fourth-order valence-corrected chi connectivity index (χ4v) is 3.03. The maximum Gasteiger partial charge on any atom is 0.257 e. The molecule has 1 fully saturated rings. The molecule has 5 nitrogen and oxygen atoms in total. The summed E-state index contributed by atoms with van der Waals surface area (Å²) in [6, 6.07) is 9.18. The number of nitriles is 1. The van der Waals surface area contributed by atoms with Crippen molar-refractivity contribution < 1.29 is 4.52 Å². The van der Waals surface area contributed by atoms with Crippen LogP contribution in [0.15, 0.2) is 28.8 Å². The van der Waals surface area contributed by atoms with E-state index >= 15 is 0 Å². The van der Waals surface area contributed by atoms with Gasteiger partial charge in [0.05, 0.1) is 17.2 Å². The van der Waals surface area contributed by atoms with Crippen LogP contribution in [0, 0.1) is 17.2 Å². The highest BCUT2D eigenvalue weighted by atomic mass is 16.5. The van der Waals surface area contributed by atoms with Crippen molar-refractivity contribution >= 4 is 0 Å². The van der Waals surface area contributed by atoms with Crippen LogP contribution in [0.1, 0.15) is 44.0 Å².